The molecule has 0 saturated heterocycles. The van der Waals surface area contributed by atoms with Crippen LogP contribution in [-0.2, 0) is 17.6 Å². The van der Waals surface area contributed by atoms with Crippen molar-refractivity contribution < 1.29 is 4.79 Å². The summed E-state index contributed by atoms with van der Waals surface area (Å²) in [6, 6.07) is 20.0. The van der Waals surface area contributed by atoms with E-state index in [-0.39, 0.29) is 5.78 Å². The Labute approximate surface area is 124 Å². The highest BCUT2D eigenvalue weighted by Crippen LogP contribution is 2.13. The molecule has 0 N–H and O–H groups in total. The van der Waals surface area contributed by atoms with E-state index < -0.39 is 0 Å². The fourth-order valence-electron chi connectivity index (χ4n) is 2.52. The standard InChI is InChI=1S/C19H17NO/c1-14-5-4-6-15(11-14)12-18(21)13-17-10-9-16-7-2-3-8-19(16)20-17/h2-11H,12-13H2,1H3. The van der Waals surface area contributed by atoms with Crippen molar-refractivity contribution in [3.05, 3.63) is 77.5 Å². The lowest BCUT2D eigenvalue weighted by Crippen LogP contribution is -2.08. The van der Waals surface area contributed by atoms with Gasteiger partial charge in [0.05, 0.1) is 5.52 Å². The van der Waals surface area contributed by atoms with Crippen molar-refractivity contribution in [1.29, 1.82) is 0 Å². The molecule has 21 heavy (non-hydrogen) atoms. The first-order chi connectivity index (χ1) is 10.2. The molecule has 0 bridgehead atoms. The molecule has 104 valence electrons. The number of aryl methyl sites for hydroxylation is 1. The molecule has 2 nitrogen and oxygen atoms in total. The Morgan fingerprint density at radius 1 is 0.952 bits per heavy atom. The summed E-state index contributed by atoms with van der Waals surface area (Å²) in [6.07, 6.45) is 0.856. The van der Waals surface area contributed by atoms with Crippen LogP contribution in [0.1, 0.15) is 16.8 Å². The van der Waals surface area contributed by atoms with Crippen LogP contribution >= 0.6 is 0 Å². The Balaban J connectivity index is 1.74. The van der Waals surface area contributed by atoms with E-state index in [9.17, 15) is 4.79 Å². The highest BCUT2D eigenvalue weighted by Gasteiger charge is 2.07. The molecule has 3 aromatic rings. The van der Waals surface area contributed by atoms with Gasteiger partial charge in [-0.2, -0.15) is 0 Å². The number of hydrogen-bond acceptors (Lipinski definition) is 2. The molecule has 0 aliphatic heterocycles. The zero-order valence-electron chi connectivity index (χ0n) is 12.0. The molecule has 0 spiro atoms. The van der Waals surface area contributed by atoms with Crippen LogP contribution in [0, 0.1) is 6.92 Å². The number of pyridine rings is 1. The van der Waals surface area contributed by atoms with Crippen LogP contribution in [0.4, 0.5) is 0 Å². The minimum atomic E-state index is 0.198. The zero-order valence-corrected chi connectivity index (χ0v) is 12.0. The number of nitrogens with zero attached hydrogens (tertiary/aromatic N) is 1. The summed E-state index contributed by atoms with van der Waals surface area (Å²) >= 11 is 0. The van der Waals surface area contributed by atoms with Crippen LogP contribution in [0.25, 0.3) is 10.9 Å². The van der Waals surface area contributed by atoms with Crippen LogP contribution in [0.15, 0.2) is 60.7 Å². The topological polar surface area (TPSA) is 30.0 Å². The summed E-state index contributed by atoms with van der Waals surface area (Å²) in [4.78, 5) is 16.7. The van der Waals surface area contributed by atoms with Crippen molar-refractivity contribution in [2.45, 2.75) is 19.8 Å². The van der Waals surface area contributed by atoms with E-state index in [0.717, 1.165) is 22.2 Å². The molecule has 1 aromatic heterocycles. The van der Waals surface area contributed by atoms with Crippen LogP contribution in [-0.4, -0.2) is 10.8 Å². The van der Waals surface area contributed by atoms with E-state index in [0.29, 0.717) is 12.8 Å². The monoisotopic (exact) mass is 275 g/mol. The Hall–Kier alpha value is -2.48. The van der Waals surface area contributed by atoms with E-state index >= 15 is 0 Å². The van der Waals surface area contributed by atoms with Crippen molar-refractivity contribution in [1.82, 2.24) is 4.98 Å². The van der Waals surface area contributed by atoms with Gasteiger partial charge in [-0.15, -0.1) is 0 Å². The first kappa shape index (κ1) is 13.5. The minimum absolute atomic E-state index is 0.198. The third-order valence-corrected chi connectivity index (χ3v) is 3.52. The van der Waals surface area contributed by atoms with Gasteiger partial charge < -0.3 is 0 Å². The normalized spacial score (nSPS) is 10.7. The largest absolute Gasteiger partial charge is 0.299 e. The SMILES string of the molecule is Cc1cccc(CC(=O)Cc2ccc3ccccc3n2)c1. The second-order valence-corrected chi connectivity index (χ2v) is 5.38. The van der Waals surface area contributed by atoms with Gasteiger partial charge in [0, 0.05) is 23.9 Å². The van der Waals surface area contributed by atoms with Gasteiger partial charge in [0.1, 0.15) is 5.78 Å². The summed E-state index contributed by atoms with van der Waals surface area (Å²) in [6.45, 7) is 2.04. The number of para-hydroxylation sites is 1. The van der Waals surface area contributed by atoms with Gasteiger partial charge in [0.2, 0.25) is 0 Å². The lowest BCUT2D eigenvalue weighted by molar-refractivity contribution is -0.117. The second-order valence-electron chi connectivity index (χ2n) is 5.38. The number of rotatable bonds is 4. The molecule has 0 aliphatic rings. The summed E-state index contributed by atoms with van der Waals surface area (Å²) in [5, 5.41) is 1.10. The van der Waals surface area contributed by atoms with Gasteiger partial charge in [-0.05, 0) is 24.6 Å². The molecular formula is C19H17NO. The van der Waals surface area contributed by atoms with Gasteiger partial charge in [-0.3, -0.25) is 9.78 Å². The molecule has 1 heterocycles. The van der Waals surface area contributed by atoms with E-state index in [1.54, 1.807) is 0 Å². The number of ketones is 1. The molecule has 3 rings (SSSR count). The lowest BCUT2D eigenvalue weighted by atomic mass is 10.0. The summed E-state index contributed by atoms with van der Waals surface area (Å²) in [5.41, 5.74) is 4.04. The first-order valence-corrected chi connectivity index (χ1v) is 7.12. The lowest BCUT2D eigenvalue weighted by Gasteiger charge is -2.04. The molecule has 0 unspecified atom stereocenters. The summed E-state index contributed by atoms with van der Waals surface area (Å²) < 4.78 is 0. The summed E-state index contributed by atoms with van der Waals surface area (Å²) in [7, 11) is 0. The first-order valence-electron chi connectivity index (χ1n) is 7.12. The summed E-state index contributed by atoms with van der Waals surface area (Å²) in [5.74, 6) is 0.198. The predicted octanol–water partition coefficient (Wildman–Crippen LogP) is 3.90. The quantitative estimate of drug-likeness (QED) is 0.723. The number of hydrogen-bond donors (Lipinski definition) is 0. The average Bonchev–Trinajstić information content (AvgIpc) is 2.47. The van der Waals surface area contributed by atoms with Crippen molar-refractivity contribution in [2.24, 2.45) is 0 Å². The average molecular weight is 275 g/mol. The molecular weight excluding hydrogens is 258 g/mol. The van der Waals surface area contributed by atoms with Crippen LogP contribution in [0.2, 0.25) is 0 Å². The zero-order chi connectivity index (χ0) is 14.7. The third-order valence-electron chi connectivity index (χ3n) is 3.52. The van der Waals surface area contributed by atoms with E-state index in [2.05, 4.69) is 11.1 Å². The smallest absolute Gasteiger partial charge is 0.143 e. The van der Waals surface area contributed by atoms with E-state index in [1.165, 1.54) is 5.56 Å². The highest BCUT2D eigenvalue weighted by molar-refractivity contribution is 5.84. The van der Waals surface area contributed by atoms with Crippen molar-refractivity contribution >= 4 is 16.7 Å². The molecule has 2 aromatic carbocycles. The van der Waals surface area contributed by atoms with E-state index in [1.807, 2.05) is 61.5 Å². The Morgan fingerprint density at radius 3 is 2.67 bits per heavy atom. The Kier molecular flexibility index (Phi) is 3.78. The molecule has 0 atom stereocenters. The number of fused-ring (bicyclic) bond motifs is 1. The van der Waals surface area contributed by atoms with Gasteiger partial charge in [-0.25, -0.2) is 0 Å². The molecule has 0 amide bonds. The Morgan fingerprint density at radius 2 is 1.81 bits per heavy atom. The van der Waals surface area contributed by atoms with Crippen LogP contribution in [0.3, 0.4) is 0 Å². The molecule has 2 heteroatoms. The Bertz CT molecular complexity index is 792. The van der Waals surface area contributed by atoms with Crippen LogP contribution < -0.4 is 0 Å². The second kappa shape index (κ2) is 5.88. The van der Waals surface area contributed by atoms with Crippen molar-refractivity contribution in [3.63, 3.8) is 0 Å². The maximum atomic E-state index is 12.2. The molecule has 0 saturated carbocycles. The number of carbonyl (C=O) groups excluding carboxylic acids is 1. The van der Waals surface area contributed by atoms with Gasteiger partial charge in [-0.1, -0.05) is 54.1 Å². The van der Waals surface area contributed by atoms with Crippen LogP contribution in [0.5, 0.6) is 0 Å². The number of benzene rings is 2. The number of carbonyl (C=O) groups is 1. The van der Waals surface area contributed by atoms with Gasteiger partial charge in [0.25, 0.3) is 0 Å². The molecule has 0 aliphatic carbocycles. The fraction of sp³-hybridized carbons (Fsp3) is 0.158. The number of Topliss-reactive ketones (excluding diaryl/α,β-unsaturated/α-hetero) is 1. The maximum Gasteiger partial charge on any atom is 0.143 e. The predicted molar refractivity (Wildman–Crippen MR) is 85.3 cm³/mol. The highest BCUT2D eigenvalue weighted by atomic mass is 16.1. The minimum Gasteiger partial charge on any atom is -0.299 e. The van der Waals surface area contributed by atoms with Crippen molar-refractivity contribution in [3.8, 4) is 0 Å². The number of aromatic nitrogens is 1. The third kappa shape index (κ3) is 3.34. The molecule has 0 fully saturated rings. The molecule has 0 radical (unpaired) electrons. The van der Waals surface area contributed by atoms with E-state index in [4.69, 9.17) is 0 Å². The fourth-order valence-corrected chi connectivity index (χ4v) is 2.52. The van der Waals surface area contributed by atoms with Gasteiger partial charge in [0.15, 0.2) is 0 Å². The van der Waals surface area contributed by atoms with Crippen molar-refractivity contribution in [2.75, 3.05) is 0 Å². The van der Waals surface area contributed by atoms with Gasteiger partial charge >= 0.3 is 0 Å². The maximum absolute atomic E-state index is 12.2.